The molecule has 2 amide bonds. The number of pyridine rings is 1. The third-order valence-electron chi connectivity index (χ3n) is 5.99. The highest BCUT2D eigenvalue weighted by molar-refractivity contribution is 6.36. The Morgan fingerprint density at radius 2 is 1.92 bits per heavy atom. The van der Waals surface area contributed by atoms with E-state index in [-0.39, 0.29) is 24.2 Å². The largest absolute Gasteiger partial charge is 0.477 e. The Hall–Kier alpha value is -2.84. The molecule has 192 valence electrons. The van der Waals surface area contributed by atoms with E-state index in [1.54, 1.807) is 18.2 Å². The van der Waals surface area contributed by atoms with Crippen molar-refractivity contribution < 1.29 is 14.3 Å². The maximum absolute atomic E-state index is 12.8. The van der Waals surface area contributed by atoms with Gasteiger partial charge in [0.1, 0.15) is 11.4 Å². The molecule has 10 heteroatoms. The number of nitrogens with zero attached hydrogens (tertiary/aromatic N) is 2. The van der Waals surface area contributed by atoms with Crippen molar-refractivity contribution >= 4 is 46.2 Å². The number of amides is 2. The van der Waals surface area contributed by atoms with Crippen molar-refractivity contribution in [3.8, 4) is 5.88 Å². The molecule has 0 saturated heterocycles. The molecule has 0 spiro atoms. The van der Waals surface area contributed by atoms with Gasteiger partial charge in [0.2, 0.25) is 11.8 Å². The van der Waals surface area contributed by atoms with Crippen LogP contribution in [0.15, 0.2) is 18.2 Å². The Morgan fingerprint density at radius 3 is 2.58 bits per heavy atom. The lowest BCUT2D eigenvalue weighted by atomic mass is 9.95. The number of halogens is 2. The van der Waals surface area contributed by atoms with Crippen molar-refractivity contribution in [2.75, 3.05) is 13.2 Å². The third kappa shape index (κ3) is 6.10. The number of hydrogen-bond donors (Lipinski definition) is 3. The van der Waals surface area contributed by atoms with Crippen molar-refractivity contribution in [3.63, 3.8) is 0 Å². The van der Waals surface area contributed by atoms with Crippen LogP contribution in [0, 0.1) is 11.3 Å². The van der Waals surface area contributed by atoms with Crippen LogP contribution >= 0.6 is 23.2 Å². The van der Waals surface area contributed by atoms with E-state index in [1.807, 2.05) is 27.7 Å². The Morgan fingerprint density at radius 1 is 1.17 bits per heavy atom. The summed E-state index contributed by atoms with van der Waals surface area (Å²) < 4.78 is 5.64. The zero-order valence-electron chi connectivity index (χ0n) is 20.9. The zero-order chi connectivity index (χ0) is 26.0. The van der Waals surface area contributed by atoms with Crippen molar-refractivity contribution in [2.45, 2.75) is 53.5 Å². The number of fused-ring (bicyclic) bond motifs is 1. The van der Waals surface area contributed by atoms with Crippen molar-refractivity contribution in [1.82, 2.24) is 25.6 Å². The molecule has 0 atom stereocenters. The number of aromatic nitrogens is 3. The average molecular weight is 532 g/mol. The van der Waals surface area contributed by atoms with E-state index in [0.717, 1.165) is 18.4 Å². The smallest absolute Gasteiger partial charge is 0.256 e. The van der Waals surface area contributed by atoms with Crippen LogP contribution in [0.5, 0.6) is 5.88 Å². The molecule has 0 unspecified atom stereocenters. The first-order valence-electron chi connectivity index (χ1n) is 12.1. The second-order valence-electron chi connectivity index (χ2n) is 10.1. The highest BCUT2D eigenvalue weighted by atomic mass is 35.5. The molecule has 36 heavy (non-hydrogen) atoms. The summed E-state index contributed by atoms with van der Waals surface area (Å²) in [6.45, 7) is 8.72. The lowest BCUT2D eigenvalue weighted by Gasteiger charge is -2.18. The molecule has 2 aromatic heterocycles. The van der Waals surface area contributed by atoms with Crippen LogP contribution in [0.1, 0.15) is 67.8 Å². The summed E-state index contributed by atoms with van der Waals surface area (Å²) in [5.41, 5.74) is 2.37. The molecule has 4 rings (SSSR count). The van der Waals surface area contributed by atoms with Crippen LogP contribution in [-0.2, 0) is 17.8 Å². The summed E-state index contributed by atoms with van der Waals surface area (Å²) in [5, 5.41) is 6.85. The van der Waals surface area contributed by atoms with Crippen LogP contribution in [0.25, 0.3) is 11.2 Å². The average Bonchev–Trinajstić information content (AvgIpc) is 3.57. The molecule has 2 heterocycles. The van der Waals surface area contributed by atoms with Gasteiger partial charge in [0.05, 0.1) is 17.1 Å². The quantitative estimate of drug-likeness (QED) is 0.357. The molecule has 8 nitrogen and oxygen atoms in total. The summed E-state index contributed by atoms with van der Waals surface area (Å²) >= 11 is 13.2. The summed E-state index contributed by atoms with van der Waals surface area (Å²) in [5.74, 6) is 1.12. The van der Waals surface area contributed by atoms with Gasteiger partial charge in [-0.1, -0.05) is 50.0 Å². The summed E-state index contributed by atoms with van der Waals surface area (Å²) in [6, 6.07) is 5.28. The van der Waals surface area contributed by atoms with Gasteiger partial charge in [-0.15, -0.1) is 0 Å². The van der Waals surface area contributed by atoms with E-state index in [0.29, 0.717) is 63.7 Å². The van der Waals surface area contributed by atoms with Gasteiger partial charge in [-0.05, 0) is 48.9 Å². The number of imidazole rings is 1. The van der Waals surface area contributed by atoms with Crippen LogP contribution < -0.4 is 15.4 Å². The second-order valence-corrected chi connectivity index (χ2v) is 10.9. The number of benzene rings is 1. The van der Waals surface area contributed by atoms with E-state index in [9.17, 15) is 9.59 Å². The van der Waals surface area contributed by atoms with Crippen molar-refractivity contribution in [2.24, 2.45) is 11.3 Å². The van der Waals surface area contributed by atoms with Gasteiger partial charge < -0.3 is 20.4 Å². The molecule has 1 aromatic carbocycles. The first-order chi connectivity index (χ1) is 17.1. The fourth-order valence-corrected chi connectivity index (χ4v) is 4.25. The monoisotopic (exact) mass is 531 g/mol. The molecule has 0 radical (unpaired) electrons. The highest BCUT2D eigenvalue weighted by Gasteiger charge is 2.24. The Bertz CT molecular complexity index is 1290. The van der Waals surface area contributed by atoms with Crippen LogP contribution in [0.4, 0.5) is 0 Å². The number of nitrogens with one attached hydrogen (secondary N) is 3. The number of aromatic amines is 1. The second kappa shape index (κ2) is 10.6. The summed E-state index contributed by atoms with van der Waals surface area (Å²) in [4.78, 5) is 37.4. The van der Waals surface area contributed by atoms with E-state index < -0.39 is 5.41 Å². The Kier molecular flexibility index (Phi) is 7.76. The van der Waals surface area contributed by atoms with Crippen molar-refractivity contribution in [1.29, 1.82) is 0 Å². The number of carbonyl (C=O) groups is 2. The van der Waals surface area contributed by atoms with Gasteiger partial charge in [-0.2, -0.15) is 4.98 Å². The predicted octanol–water partition coefficient (Wildman–Crippen LogP) is 5.06. The van der Waals surface area contributed by atoms with E-state index in [2.05, 4.69) is 25.6 Å². The molecule has 3 N–H and O–H groups in total. The normalized spacial score (nSPS) is 13.6. The van der Waals surface area contributed by atoms with E-state index >= 15 is 0 Å². The first-order valence-corrected chi connectivity index (χ1v) is 12.9. The lowest BCUT2D eigenvalue weighted by molar-refractivity contribution is -0.128. The first kappa shape index (κ1) is 26.2. The summed E-state index contributed by atoms with van der Waals surface area (Å²) in [6.07, 6.45) is 2.62. The van der Waals surface area contributed by atoms with E-state index in [4.69, 9.17) is 27.9 Å². The standard InChI is InChI=1S/C26H31Cl2N5O3/c1-5-36-24-17(23(34)29-12-14-6-7-14)10-19-22(33-24)32-20(31-19)11-16-18(27)9-8-15(21(16)28)13-30-25(35)26(2,3)4/h8-10,14H,5-7,11-13H2,1-4H3,(H,29,34)(H,30,35)(H,31,32,33). The lowest BCUT2D eigenvalue weighted by Crippen LogP contribution is -2.34. The van der Waals surface area contributed by atoms with E-state index in [1.165, 1.54) is 0 Å². The maximum atomic E-state index is 12.8. The van der Waals surface area contributed by atoms with Gasteiger partial charge >= 0.3 is 0 Å². The summed E-state index contributed by atoms with van der Waals surface area (Å²) in [7, 11) is 0. The Labute approximate surface area is 220 Å². The van der Waals surface area contributed by atoms with Crippen LogP contribution in [0.2, 0.25) is 10.0 Å². The number of carbonyl (C=O) groups excluding carboxylic acids is 2. The molecular weight excluding hydrogens is 501 g/mol. The van der Waals surface area contributed by atoms with Gasteiger partial charge in [0.25, 0.3) is 5.91 Å². The minimum absolute atomic E-state index is 0.0690. The van der Waals surface area contributed by atoms with Crippen LogP contribution in [-0.4, -0.2) is 39.9 Å². The molecule has 0 bridgehead atoms. The highest BCUT2D eigenvalue weighted by Crippen LogP contribution is 2.31. The molecule has 0 aliphatic heterocycles. The Balaban J connectivity index is 1.58. The van der Waals surface area contributed by atoms with Gasteiger partial charge in [-0.25, -0.2) is 4.98 Å². The minimum atomic E-state index is -0.503. The molecule has 1 fully saturated rings. The van der Waals surface area contributed by atoms with Gasteiger partial charge in [0.15, 0.2) is 5.65 Å². The molecule has 1 saturated carbocycles. The van der Waals surface area contributed by atoms with Crippen molar-refractivity contribution in [3.05, 3.63) is 50.8 Å². The fourth-order valence-electron chi connectivity index (χ4n) is 3.68. The number of rotatable bonds is 9. The number of hydrogen-bond acceptors (Lipinski definition) is 5. The maximum Gasteiger partial charge on any atom is 0.256 e. The van der Waals surface area contributed by atoms with Gasteiger partial charge in [-0.3, -0.25) is 9.59 Å². The molecule has 1 aliphatic rings. The SMILES string of the molecule is CCOc1nc2nc(Cc3c(Cl)ccc(CNC(=O)C(C)(C)C)c3Cl)[nH]c2cc1C(=O)NCC1CC1. The molecule has 1 aliphatic carbocycles. The third-order valence-corrected chi connectivity index (χ3v) is 6.82. The number of H-pyrrole nitrogens is 1. The molecular formula is C26H31Cl2N5O3. The molecule has 3 aromatic rings. The van der Waals surface area contributed by atoms with Crippen LogP contribution in [0.3, 0.4) is 0 Å². The minimum Gasteiger partial charge on any atom is -0.477 e. The predicted molar refractivity (Wildman–Crippen MR) is 141 cm³/mol. The van der Waals surface area contributed by atoms with Gasteiger partial charge in [0, 0.05) is 29.9 Å². The fraction of sp³-hybridized carbons (Fsp3) is 0.462. The zero-order valence-corrected chi connectivity index (χ0v) is 22.4. The topological polar surface area (TPSA) is 109 Å². The number of ether oxygens (including phenoxy) is 1.